The summed E-state index contributed by atoms with van der Waals surface area (Å²) in [5.41, 5.74) is 2.46. The molecule has 2 heterocycles. The molecule has 1 spiro atoms. The maximum Gasteiger partial charge on any atom is 0.165 e. The second kappa shape index (κ2) is 4.72. The summed E-state index contributed by atoms with van der Waals surface area (Å²) in [4.78, 5) is 2.74. The predicted octanol–water partition coefficient (Wildman–Crippen LogP) is 3.00. The van der Waals surface area contributed by atoms with Gasteiger partial charge in [0.05, 0.1) is 11.0 Å². The van der Waals surface area contributed by atoms with Crippen LogP contribution in [-0.4, -0.2) is 48.0 Å². The van der Waals surface area contributed by atoms with E-state index < -0.39 is 0 Å². The van der Waals surface area contributed by atoms with E-state index in [1.54, 1.807) is 0 Å². The summed E-state index contributed by atoms with van der Waals surface area (Å²) in [7, 11) is 1.92. The Balaban J connectivity index is 1.58. The number of aromatic hydroxyl groups is 1. The fraction of sp³-hybridized carbons (Fsp3) is 0.714. The molecule has 1 N–H and O–H groups in total. The number of benzene rings is 1. The quantitative estimate of drug-likeness (QED) is 0.918. The molecule has 3 fully saturated rings. The summed E-state index contributed by atoms with van der Waals surface area (Å²) in [5.74, 6) is 1.98. The smallest absolute Gasteiger partial charge is 0.165 e. The number of likely N-dealkylation sites (tertiary alicyclic amines) is 1. The molecule has 0 amide bonds. The third-order valence-corrected chi connectivity index (χ3v) is 7.99. The molecule has 1 unspecified atom stereocenters. The highest BCUT2D eigenvalue weighted by molar-refractivity contribution is 5.62. The van der Waals surface area contributed by atoms with Crippen molar-refractivity contribution >= 4 is 0 Å². The predicted molar refractivity (Wildman–Crippen MR) is 94.2 cm³/mol. The Kier molecular flexibility index (Phi) is 2.80. The molecule has 25 heavy (non-hydrogen) atoms. The minimum Gasteiger partial charge on any atom is -0.504 e. The van der Waals surface area contributed by atoms with E-state index in [-0.39, 0.29) is 17.1 Å². The molecule has 4 nitrogen and oxygen atoms in total. The molecule has 2 saturated carbocycles. The van der Waals surface area contributed by atoms with E-state index in [2.05, 4.69) is 11.0 Å². The third kappa shape index (κ3) is 1.62. The summed E-state index contributed by atoms with van der Waals surface area (Å²) in [6.45, 7) is 2.37. The maximum atomic E-state index is 10.5. The lowest BCUT2D eigenvalue weighted by Gasteiger charge is -2.64. The SMILES string of the molecule is CO[C@@]12CCCC3Oc4c(O)ccc5c4[C@@]31CCN(CC1CC1)[C@@H]2C5. The lowest BCUT2D eigenvalue weighted by atomic mass is 9.49. The first-order valence-electron chi connectivity index (χ1n) is 10.0. The van der Waals surface area contributed by atoms with Crippen molar-refractivity contribution in [2.45, 2.75) is 68.1 Å². The van der Waals surface area contributed by atoms with Crippen LogP contribution in [0.4, 0.5) is 0 Å². The number of phenolic OH excluding ortho intramolecular Hbond substituents is 1. The van der Waals surface area contributed by atoms with E-state index in [0.29, 0.717) is 11.8 Å². The maximum absolute atomic E-state index is 10.5. The van der Waals surface area contributed by atoms with E-state index >= 15 is 0 Å². The van der Waals surface area contributed by atoms with Crippen molar-refractivity contribution in [3.05, 3.63) is 23.3 Å². The molecular weight excluding hydrogens is 314 g/mol. The minimum atomic E-state index is -0.158. The van der Waals surface area contributed by atoms with Gasteiger partial charge in [0, 0.05) is 25.3 Å². The molecule has 0 radical (unpaired) electrons. The summed E-state index contributed by atoms with van der Waals surface area (Å²) < 4.78 is 12.9. The highest BCUT2D eigenvalue weighted by atomic mass is 16.5. The fourth-order valence-corrected chi connectivity index (χ4v) is 6.86. The van der Waals surface area contributed by atoms with Crippen LogP contribution in [0.5, 0.6) is 11.5 Å². The van der Waals surface area contributed by atoms with Crippen molar-refractivity contribution in [2.75, 3.05) is 20.2 Å². The Morgan fingerprint density at radius 1 is 1.28 bits per heavy atom. The van der Waals surface area contributed by atoms with E-state index in [0.717, 1.165) is 50.3 Å². The molecule has 3 aliphatic carbocycles. The van der Waals surface area contributed by atoms with Crippen molar-refractivity contribution in [1.29, 1.82) is 0 Å². The van der Waals surface area contributed by atoms with Gasteiger partial charge in [0.25, 0.3) is 0 Å². The topological polar surface area (TPSA) is 41.9 Å². The van der Waals surface area contributed by atoms with Crippen molar-refractivity contribution in [2.24, 2.45) is 5.92 Å². The number of methoxy groups -OCH3 is 1. The first-order chi connectivity index (χ1) is 12.2. The van der Waals surface area contributed by atoms with Gasteiger partial charge >= 0.3 is 0 Å². The van der Waals surface area contributed by atoms with E-state index in [1.807, 2.05) is 13.2 Å². The Hall–Kier alpha value is -1.26. The lowest BCUT2D eigenvalue weighted by molar-refractivity contribution is -0.202. The van der Waals surface area contributed by atoms with E-state index in [1.165, 1.54) is 30.5 Å². The van der Waals surface area contributed by atoms with Crippen molar-refractivity contribution in [3.8, 4) is 11.5 Å². The number of phenols is 1. The largest absolute Gasteiger partial charge is 0.504 e. The van der Waals surface area contributed by atoms with Gasteiger partial charge in [0.2, 0.25) is 0 Å². The second-order valence-corrected chi connectivity index (χ2v) is 8.92. The molecule has 4 heteroatoms. The molecular formula is C21H27NO3. The van der Waals surface area contributed by atoms with Crippen molar-refractivity contribution in [1.82, 2.24) is 4.90 Å². The van der Waals surface area contributed by atoms with Crippen molar-refractivity contribution in [3.63, 3.8) is 0 Å². The van der Waals surface area contributed by atoms with Crippen LogP contribution in [-0.2, 0) is 16.6 Å². The minimum absolute atomic E-state index is 0.0631. The van der Waals surface area contributed by atoms with Crippen LogP contribution in [0.3, 0.4) is 0 Å². The fourth-order valence-electron chi connectivity index (χ4n) is 6.86. The summed E-state index contributed by atoms with van der Waals surface area (Å²) in [5, 5.41) is 10.5. The van der Waals surface area contributed by atoms with Gasteiger partial charge in [-0.25, -0.2) is 0 Å². The average molecular weight is 341 g/mol. The number of ether oxygens (including phenoxy) is 2. The van der Waals surface area contributed by atoms with Gasteiger partial charge in [-0.15, -0.1) is 0 Å². The zero-order valence-electron chi connectivity index (χ0n) is 15.0. The molecule has 2 bridgehead atoms. The van der Waals surface area contributed by atoms with E-state index in [9.17, 15) is 5.11 Å². The monoisotopic (exact) mass is 341 g/mol. The van der Waals surface area contributed by atoms with Crippen molar-refractivity contribution < 1.29 is 14.6 Å². The first kappa shape index (κ1) is 14.9. The van der Waals surface area contributed by atoms with Gasteiger partial charge in [-0.1, -0.05) is 6.07 Å². The summed E-state index contributed by atoms with van der Waals surface area (Å²) in [6, 6.07) is 4.42. The number of hydrogen-bond donors (Lipinski definition) is 1. The van der Waals surface area contributed by atoms with Gasteiger partial charge < -0.3 is 14.6 Å². The third-order valence-electron chi connectivity index (χ3n) is 7.99. The van der Waals surface area contributed by atoms with Crippen LogP contribution in [0.25, 0.3) is 0 Å². The van der Waals surface area contributed by atoms with Gasteiger partial charge in [-0.3, -0.25) is 4.90 Å². The van der Waals surface area contributed by atoms with Gasteiger partial charge in [0.1, 0.15) is 6.10 Å². The number of piperidine rings is 1. The van der Waals surface area contributed by atoms with Gasteiger partial charge in [-0.05, 0) is 69.0 Å². The van der Waals surface area contributed by atoms with Crippen LogP contribution in [0.2, 0.25) is 0 Å². The standard InChI is InChI=1S/C21H27NO3/c1-24-21-8-2-3-17-20(21)9-10-22(12-13-4-5-13)16(21)11-14-6-7-15(23)19(25-17)18(14)20/h6-7,13,16-17,23H,2-5,8-12H2,1H3/t16-,17?,20-,21-/m1/s1. The van der Waals surface area contributed by atoms with Crippen LogP contribution in [0.15, 0.2) is 12.1 Å². The molecule has 0 aromatic heterocycles. The Morgan fingerprint density at radius 3 is 2.96 bits per heavy atom. The first-order valence-corrected chi connectivity index (χ1v) is 10.0. The average Bonchev–Trinajstić information content (AvgIpc) is 3.37. The Bertz CT molecular complexity index is 745. The van der Waals surface area contributed by atoms with Gasteiger partial charge in [0.15, 0.2) is 11.5 Å². The Morgan fingerprint density at radius 2 is 2.16 bits per heavy atom. The Labute approximate surface area is 149 Å². The number of nitrogens with zero attached hydrogens (tertiary/aromatic N) is 1. The summed E-state index contributed by atoms with van der Waals surface area (Å²) in [6.07, 6.45) is 8.42. The molecule has 1 aromatic rings. The zero-order chi connectivity index (χ0) is 16.8. The normalized spacial score (nSPS) is 41.3. The zero-order valence-corrected chi connectivity index (χ0v) is 15.0. The van der Waals surface area contributed by atoms with Crippen LogP contribution < -0.4 is 4.74 Å². The highest BCUT2D eigenvalue weighted by Gasteiger charge is 2.72. The van der Waals surface area contributed by atoms with Crippen LogP contribution in [0.1, 0.15) is 49.7 Å². The number of rotatable bonds is 3. The molecule has 1 saturated heterocycles. The molecule has 1 aromatic carbocycles. The lowest BCUT2D eigenvalue weighted by Crippen LogP contribution is -2.75. The second-order valence-electron chi connectivity index (χ2n) is 8.92. The molecule has 4 atom stereocenters. The molecule has 134 valence electrons. The molecule has 2 aliphatic heterocycles. The van der Waals surface area contributed by atoms with Crippen LogP contribution in [0, 0.1) is 5.92 Å². The summed E-state index contributed by atoms with van der Waals surface area (Å²) >= 11 is 0. The van der Waals surface area contributed by atoms with Crippen LogP contribution >= 0.6 is 0 Å². The highest BCUT2D eigenvalue weighted by Crippen LogP contribution is 2.66. The van der Waals surface area contributed by atoms with E-state index in [4.69, 9.17) is 9.47 Å². The molecule has 5 aliphatic rings. The molecule has 6 rings (SSSR count). The number of hydrogen-bond acceptors (Lipinski definition) is 4. The van der Waals surface area contributed by atoms with Gasteiger partial charge in [-0.2, -0.15) is 0 Å².